The van der Waals surface area contributed by atoms with E-state index in [0.29, 0.717) is 28.7 Å². The van der Waals surface area contributed by atoms with Crippen LogP contribution in [0.5, 0.6) is 5.88 Å². The van der Waals surface area contributed by atoms with Gasteiger partial charge in [0, 0.05) is 23.2 Å². The normalized spacial score (nSPS) is 10.4. The van der Waals surface area contributed by atoms with Gasteiger partial charge in [-0.25, -0.2) is 19.7 Å². The number of carbonyl (C=O) groups is 1. The van der Waals surface area contributed by atoms with Crippen LogP contribution < -0.4 is 4.74 Å². The summed E-state index contributed by atoms with van der Waals surface area (Å²) in [5.41, 5.74) is 2.33. The van der Waals surface area contributed by atoms with E-state index in [1.165, 1.54) is 7.11 Å². The van der Waals surface area contributed by atoms with Crippen molar-refractivity contribution in [3.63, 3.8) is 0 Å². The fourth-order valence-electron chi connectivity index (χ4n) is 2.31. The minimum atomic E-state index is -0.470. The first-order valence-electron chi connectivity index (χ1n) is 7.91. The summed E-state index contributed by atoms with van der Waals surface area (Å²) in [7, 11) is 1.53. The highest BCUT2D eigenvalue weighted by molar-refractivity contribution is 6.30. The van der Waals surface area contributed by atoms with Crippen molar-refractivity contribution in [3.05, 3.63) is 71.3 Å². The first-order valence-corrected chi connectivity index (χ1v) is 8.29. The van der Waals surface area contributed by atoms with E-state index in [0.717, 1.165) is 5.56 Å². The molecular weight excluding hydrogens is 354 g/mol. The predicted octanol–water partition coefficient (Wildman–Crippen LogP) is 3.60. The molecule has 26 heavy (non-hydrogen) atoms. The Bertz CT molecular complexity index is 904. The maximum absolute atomic E-state index is 11.9. The maximum Gasteiger partial charge on any atom is 0.356 e. The number of hydrogen-bond donors (Lipinski definition) is 0. The molecule has 0 saturated carbocycles. The number of hydrogen-bond acceptors (Lipinski definition) is 6. The van der Waals surface area contributed by atoms with E-state index < -0.39 is 5.97 Å². The molecule has 0 radical (unpaired) electrons. The van der Waals surface area contributed by atoms with Gasteiger partial charge in [-0.1, -0.05) is 29.8 Å². The SMILES string of the molecule is COc1ncc(CCOC(=O)c2ccccn2)nc1-c1cccc(Cl)c1. The number of aromatic nitrogens is 3. The fourth-order valence-corrected chi connectivity index (χ4v) is 2.50. The van der Waals surface area contributed by atoms with Crippen LogP contribution in [0.1, 0.15) is 16.2 Å². The van der Waals surface area contributed by atoms with Crippen LogP contribution in [-0.4, -0.2) is 34.6 Å². The second kappa shape index (κ2) is 8.40. The summed E-state index contributed by atoms with van der Waals surface area (Å²) in [6.07, 6.45) is 3.56. The largest absolute Gasteiger partial charge is 0.479 e. The molecule has 0 N–H and O–H groups in total. The summed E-state index contributed by atoms with van der Waals surface area (Å²) in [5, 5.41) is 0.598. The second-order valence-corrected chi connectivity index (χ2v) is 5.77. The van der Waals surface area contributed by atoms with Gasteiger partial charge in [0.1, 0.15) is 11.4 Å². The Morgan fingerprint density at radius 3 is 2.77 bits per heavy atom. The second-order valence-electron chi connectivity index (χ2n) is 5.33. The van der Waals surface area contributed by atoms with Crippen LogP contribution in [0.15, 0.2) is 54.9 Å². The minimum absolute atomic E-state index is 0.172. The van der Waals surface area contributed by atoms with Crippen LogP contribution in [0, 0.1) is 0 Å². The Labute approximate surface area is 155 Å². The van der Waals surface area contributed by atoms with Gasteiger partial charge in [0.25, 0.3) is 0 Å². The highest BCUT2D eigenvalue weighted by Crippen LogP contribution is 2.28. The van der Waals surface area contributed by atoms with Crippen molar-refractivity contribution in [1.82, 2.24) is 15.0 Å². The van der Waals surface area contributed by atoms with Crippen LogP contribution in [0.2, 0.25) is 5.02 Å². The lowest BCUT2D eigenvalue weighted by atomic mass is 10.1. The Morgan fingerprint density at radius 1 is 1.15 bits per heavy atom. The van der Waals surface area contributed by atoms with Gasteiger partial charge in [-0.3, -0.25) is 0 Å². The third-order valence-electron chi connectivity index (χ3n) is 3.55. The smallest absolute Gasteiger partial charge is 0.356 e. The van der Waals surface area contributed by atoms with Gasteiger partial charge in [0.15, 0.2) is 0 Å². The summed E-state index contributed by atoms with van der Waals surface area (Å²) in [5.74, 6) is -0.0661. The summed E-state index contributed by atoms with van der Waals surface area (Å²) in [6.45, 7) is 0.172. The topological polar surface area (TPSA) is 74.2 Å². The minimum Gasteiger partial charge on any atom is -0.479 e. The summed E-state index contributed by atoms with van der Waals surface area (Å²) < 4.78 is 10.5. The molecule has 0 spiro atoms. The average Bonchev–Trinajstić information content (AvgIpc) is 2.68. The molecule has 0 saturated heterocycles. The average molecular weight is 370 g/mol. The molecule has 0 atom stereocenters. The number of pyridine rings is 1. The molecule has 0 aliphatic carbocycles. The third-order valence-corrected chi connectivity index (χ3v) is 3.78. The molecule has 3 rings (SSSR count). The Kier molecular flexibility index (Phi) is 5.76. The van der Waals surface area contributed by atoms with Crippen LogP contribution in [0.3, 0.4) is 0 Å². The summed E-state index contributed by atoms with van der Waals surface area (Å²) >= 11 is 6.05. The fraction of sp³-hybridized carbons (Fsp3) is 0.158. The van der Waals surface area contributed by atoms with Crippen molar-refractivity contribution in [2.24, 2.45) is 0 Å². The van der Waals surface area contributed by atoms with E-state index in [2.05, 4.69) is 15.0 Å². The van der Waals surface area contributed by atoms with Gasteiger partial charge >= 0.3 is 5.97 Å². The van der Waals surface area contributed by atoms with Crippen molar-refractivity contribution < 1.29 is 14.3 Å². The maximum atomic E-state index is 11.9. The van der Waals surface area contributed by atoms with Crippen molar-refractivity contribution in [2.45, 2.75) is 6.42 Å². The first-order chi connectivity index (χ1) is 12.7. The molecule has 0 amide bonds. The zero-order valence-electron chi connectivity index (χ0n) is 14.1. The van der Waals surface area contributed by atoms with Gasteiger partial charge in [-0.05, 0) is 24.3 Å². The molecule has 0 aliphatic heterocycles. The van der Waals surface area contributed by atoms with Crippen LogP contribution in [-0.2, 0) is 11.2 Å². The molecule has 0 bridgehead atoms. The van der Waals surface area contributed by atoms with Gasteiger partial charge in [-0.2, -0.15) is 0 Å². The molecule has 3 aromatic rings. The standard InChI is InChI=1S/C19H16ClN3O3/c1-25-18-17(13-5-4-6-14(20)11-13)23-15(12-22-18)8-10-26-19(24)16-7-2-3-9-21-16/h2-7,9,11-12H,8,10H2,1H3. The zero-order valence-corrected chi connectivity index (χ0v) is 14.8. The molecule has 1 aromatic carbocycles. The first kappa shape index (κ1) is 17.8. The Morgan fingerprint density at radius 2 is 2.04 bits per heavy atom. The molecular formula is C19H16ClN3O3. The molecule has 0 unspecified atom stereocenters. The van der Waals surface area contributed by atoms with Gasteiger partial charge in [0.05, 0.1) is 25.6 Å². The number of carbonyl (C=O) groups excluding carboxylic acids is 1. The zero-order chi connectivity index (χ0) is 18.4. The lowest BCUT2D eigenvalue weighted by Gasteiger charge is -2.09. The number of rotatable bonds is 6. The van der Waals surface area contributed by atoms with Crippen molar-refractivity contribution in [3.8, 4) is 17.1 Å². The lowest BCUT2D eigenvalue weighted by Crippen LogP contribution is -2.10. The highest BCUT2D eigenvalue weighted by atomic mass is 35.5. The lowest BCUT2D eigenvalue weighted by molar-refractivity contribution is 0.0501. The number of benzene rings is 1. The molecule has 0 aliphatic rings. The predicted molar refractivity (Wildman–Crippen MR) is 97.3 cm³/mol. The van der Waals surface area contributed by atoms with Gasteiger partial charge < -0.3 is 9.47 Å². The Hall–Kier alpha value is -2.99. The van der Waals surface area contributed by atoms with E-state index in [4.69, 9.17) is 21.1 Å². The number of methoxy groups -OCH3 is 1. The van der Waals surface area contributed by atoms with E-state index in [1.54, 1.807) is 42.7 Å². The number of ether oxygens (including phenoxy) is 2. The summed E-state index contributed by atoms with van der Waals surface area (Å²) in [6, 6.07) is 12.4. The molecule has 132 valence electrons. The van der Waals surface area contributed by atoms with E-state index in [9.17, 15) is 4.79 Å². The molecule has 2 heterocycles. The highest BCUT2D eigenvalue weighted by Gasteiger charge is 2.12. The number of nitrogens with zero attached hydrogens (tertiary/aromatic N) is 3. The molecule has 0 fully saturated rings. The summed E-state index contributed by atoms with van der Waals surface area (Å²) in [4.78, 5) is 24.7. The van der Waals surface area contributed by atoms with E-state index in [-0.39, 0.29) is 12.3 Å². The number of halogens is 1. The molecule has 2 aromatic heterocycles. The van der Waals surface area contributed by atoms with Crippen LogP contribution >= 0.6 is 11.6 Å². The number of esters is 1. The van der Waals surface area contributed by atoms with Crippen molar-refractivity contribution >= 4 is 17.6 Å². The van der Waals surface area contributed by atoms with Crippen LogP contribution in [0.4, 0.5) is 0 Å². The quantitative estimate of drug-likeness (QED) is 0.618. The van der Waals surface area contributed by atoms with Gasteiger partial charge in [0.2, 0.25) is 5.88 Å². The van der Waals surface area contributed by atoms with Crippen molar-refractivity contribution in [2.75, 3.05) is 13.7 Å². The Balaban J connectivity index is 1.71. The van der Waals surface area contributed by atoms with Crippen LogP contribution in [0.25, 0.3) is 11.3 Å². The van der Waals surface area contributed by atoms with Crippen molar-refractivity contribution in [1.29, 1.82) is 0 Å². The van der Waals surface area contributed by atoms with E-state index in [1.807, 2.05) is 12.1 Å². The van der Waals surface area contributed by atoms with Gasteiger partial charge in [-0.15, -0.1) is 0 Å². The molecule has 7 heteroatoms. The van der Waals surface area contributed by atoms with E-state index >= 15 is 0 Å². The monoisotopic (exact) mass is 369 g/mol. The molecule has 6 nitrogen and oxygen atoms in total. The third kappa shape index (κ3) is 4.34.